The Morgan fingerprint density at radius 2 is 2.33 bits per heavy atom. The van der Waals surface area contributed by atoms with Crippen LogP contribution in [0.15, 0.2) is 17.5 Å². The van der Waals surface area contributed by atoms with Crippen molar-refractivity contribution in [3.8, 4) is 0 Å². The van der Waals surface area contributed by atoms with Gasteiger partial charge in [0.25, 0.3) is 0 Å². The molecule has 1 atom stereocenters. The Morgan fingerprint density at radius 1 is 1.50 bits per heavy atom. The summed E-state index contributed by atoms with van der Waals surface area (Å²) in [4.78, 5) is 1.24. The summed E-state index contributed by atoms with van der Waals surface area (Å²) >= 11 is 1.70. The van der Waals surface area contributed by atoms with Crippen molar-refractivity contribution in [3.05, 3.63) is 22.4 Å². The predicted molar refractivity (Wildman–Crippen MR) is 52.2 cm³/mol. The van der Waals surface area contributed by atoms with Gasteiger partial charge in [-0.2, -0.15) is 0 Å². The number of aliphatic hydroxyl groups is 1. The molecule has 0 amide bonds. The van der Waals surface area contributed by atoms with Crippen LogP contribution in [0, 0.1) is 0 Å². The third-order valence-electron chi connectivity index (χ3n) is 1.83. The van der Waals surface area contributed by atoms with Gasteiger partial charge in [0.1, 0.15) is 0 Å². The van der Waals surface area contributed by atoms with Crippen molar-refractivity contribution in [3.63, 3.8) is 0 Å². The second kappa shape index (κ2) is 5.30. The van der Waals surface area contributed by atoms with E-state index in [4.69, 9.17) is 10.8 Å². The molecule has 0 aliphatic carbocycles. The van der Waals surface area contributed by atoms with Crippen LogP contribution in [0.2, 0.25) is 0 Å². The molecule has 3 N–H and O–H groups in total. The number of rotatable bonds is 5. The minimum absolute atomic E-state index is 0.163. The molecule has 0 aromatic carbocycles. The maximum Gasteiger partial charge on any atom is 0.0431 e. The normalized spacial score (nSPS) is 13.2. The topological polar surface area (TPSA) is 46.2 Å². The number of hydrogen-bond acceptors (Lipinski definition) is 3. The number of hydrogen-bond donors (Lipinski definition) is 2. The van der Waals surface area contributed by atoms with Gasteiger partial charge in [-0.05, 0) is 30.7 Å². The highest BCUT2D eigenvalue weighted by molar-refractivity contribution is 7.10. The lowest BCUT2D eigenvalue weighted by Crippen LogP contribution is -2.08. The van der Waals surface area contributed by atoms with E-state index in [1.165, 1.54) is 4.88 Å². The monoisotopic (exact) mass is 185 g/mol. The lowest BCUT2D eigenvalue weighted by molar-refractivity contribution is 0.281. The van der Waals surface area contributed by atoms with E-state index in [2.05, 4.69) is 6.07 Å². The van der Waals surface area contributed by atoms with E-state index in [9.17, 15) is 0 Å². The third kappa shape index (κ3) is 2.93. The van der Waals surface area contributed by atoms with Gasteiger partial charge in [0.15, 0.2) is 0 Å². The molecule has 0 fully saturated rings. The summed E-state index contributed by atoms with van der Waals surface area (Å²) in [6.45, 7) is 0.275. The highest BCUT2D eigenvalue weighted by atomic mass is 32.1. The summed E-state index contributed by atoms with van der Waals surface area (Å²) in [6, 6.07) is 4.25. The van der Waals surface area contributed by atoms with Gasteiger partial charge in [-0.1, -0.05) is 6.07 Å². The molecule has 2 nitrogen and oxygen atoms in total. The largest absolute Gasteiger partial charge is 0.396 e. The van der Waals surface area contributed by atoms with Gasteiger partial charge in [0.05, 0.1) is 0 Å². The molecule has 0 bridgehead atoms. The second-order valence-corrected chi connectivity index (χ2v) is 3.82. The van der Waals surface area contributed by atoms with Crippen molar-refractivity contribution < 1.29 is 5.11 Å². The SMILES string of the molecule is NC(CCCCO)c1cccs1. The molecule has 0 spiro atoms. The van der Waals surface area contributed by atoms with E-state index in [1.807, 2.05) is 11.4 Å². The predicted octanol–water partition coefficient (Wildman–Crippen LogP) is 1.91. The van der Waals surface area contributed by atoms with Gasteiger partial charge in [-0.25, -0.2) is 0 Å². The van der Waals surface area contributed by atoms with E-state index < -0.39 is 0 Å². The molecular weight excluding hydrogens is 170 g/mol. The van der Waals surface area contributed by atoms with Crippen LogP contribution in [-0.4, -0.2) is 11.7 Å². The average molecular weight is 185 g/mol. The maximum atomic E-state index is 8.57. The van der Waals surface area contributed by atoms with Crippen LogP contribution in [0.3, 0.4) is 0 Å². The molecule has 1 heterocycles. The molecule has 0 saturated heterocycles. The van der Waals surface area contributed by atoms with Crippen molar-refractivity contribution in [1.82, 2.24) is 0 Å². The smallest absolute Gasteiger partial charge is 0.0431 e. The summed E-state index contributed by atoms with van der Waals surface area (Å²) in [6.07, 6.45) is 2.84. The van der Waals surface area contributed by atoms with Gasteiger partial charge < -0.3 is 10.8 Å². The van der Waals surface area contributed by atoms with Crippen molar-refractivity contribution in [2.24, 2.45) is 5.73 Å². The lowest BCUT2D eigenvalue weighted by Gasteiger charge is -2.07. The molecule has 0 radical (unpaired) electrons. The Kier molecular flexibility index (Phi) is 4.29. The number of thiophene rings is 1. The van der Waals surface area contributed by atoms with Crippen molar-refractivity contribution in [1.29, 1.82) is 0 Å². The van der Waals surface area contributed by atoms with Crippen LogP contribution >= 0.6 is 11.3 Å². The minimum atomic E-state index is 0.163. The van der Waals surface area contributed by atoms with E-state index in [0.717, 1.165) is 19.3 Å². The van der Waals surface area contributed by atoms with Crippen LogP contribution in [0.25, 0.3) is 0 Å². The number of unbranched alkanes of at least 4 members (excludes halogenated alkanes) is 1. The van der Waals surface area contributed by atoms with Crippen molar-refractivity contribution in [2.75, 3.05) is 6.61 Å². The summed E-state index contributed by atoms with van der Waals surface area (Å²) in [5.74, 6) is 0. The van der Waals surface area contributed by atoms with Crippen molar-refractivity contribution in [2.45, 2.75) is 25.3 Å². The zero-order chi connectivity index (χ0) is 8.81. The Labute approximate surface area is 77.0 Å². The van der Waals surface area contributed by atoms with Crippen LogP contribution < -0.4 is 5.73 Å². The Balaban J connectivity index is 2.25. The lowest BCUT2D eigenvalue weighted by atomic mass is 10.1. The summed E-state index contributed by atoms with van der Waals surface area (Å²) in [7, 11) is 0. The van der Waals surface area contributed by atoms with E-state index in [-0.39, 0.29) is 12.6 Å². The molecular formula is C9H15NOS. The molecule has 12 heavy (non-hydrogen) atoms. The molecule has 1 unspecified atom stereocenters. The van der Waals surface area contributed by atoms with Gasteiger partial charge >= 0.3 is 0 Å². The fraction of sp³-hybridized carbons (Fsp3) is 0.556. The first-order valence-corrected chi connectivity index (χ1v) is 5.12. The minimum Gasteiger partial charge on any atom is -0.396 e. The van der Waals surface area contributed by atoms with E-state index in [1.54, 1.807) is 11.3 Å². The fourth-order valence-corrected chi connectivity index (χ4v) is 1.88. The van der Waals surface area contributed by atoms with Gasteiger partial charge in [-0.15, -0.1) is 11.3 Å². The van der Waals surface area contributed by atoms with E-state index in [0.29, 0.717) is 0 Å². The highest BCUT2D eigenvalue weighted by Gasteiger charge is 2.05. The fourth-order valence-electron chi connectivity index (χ4n) is 1.12. The number of nitrogens with two attached hydrogens (primary N) is 1. The van der Waals surface area contributed by atoms with Crippen LogP contribution in [-0.2, 0) is 0 Å². The summed E-state index contributed by atoms with van der Waals surface area (Å²) < 4.78 is 0. The van der Waals surface area contributed by atoms with Crippen LogP contribution in [0.5, 0.6) is 0 Å². The standard InChI is InChI=1S/C9H15NOS/c10-8(4-1-2-6-11)9-5-3-7-12-9/h3,5,7-8,11H,1-2,4,6,10H2. The first-order valence-electron chi connectivity index (χ1n) is 4.24. The van der Waals surface area contributed by atoms with Gasteiger partial charge in [-0.3, -0.25) is 0 Å². The Bertz CT molecular complexity index is 198. The highest BCUT2D eigenvalue weighted by Crippen LogP contribution is 2.20. The second-order valence-electron chi connectivity index (χ2n) is 2.84. The molecule has 3 heteroatoms. The first kappa shape index (κ1) is 9.71. The molecule has 68 valence electrons. The third-order valence-corrected chi connectivity index (χ3v) is 2.84. The molecule has 0 aliphatic heterocycles. The zero-order valence-corrected chi connectivity index (χ0v) is 7.89. The maximum absolute atomic E-state index is 8.57. The average Bonchev–Trinajstić information content (AvgIpc) is 2.56. The van der Waals surface area contributed by atoms with Gasteiger partial charge in [0.2, 0.25) is 0 Å². The Morgan fingerprint density at radius 3 is 2.92 bits per heavy atom. The van der Waals surface area contributed by atoms with Gasteiger partial charge in [0, 0.05) is 17.5 Å². The zero-order valence-electron chi connectivity index (χ0n) is 7.07. The summed E-state index contributed by atoms with van der Waals surface area (Å²) in [5.41, 5.74) is 5.91. The first-order chi connectivity index (χ1) is 5.84. The van der Waals surface area contributed by atoms with Crippen molar-refractivity contribution >= 4 is 11.3 Å². The molecule has 1 rings (SSSR count). The van der Waals surface area contributed by atoms with Crippen LogP contribution in [0.1, 0.15) is 30.2 Å². The van der Waals surface area contributed by atoms with E-state index >= 15 is 0 Å². The molecule has 0 saturated carbocycles. The molecule has 1 aromatic heterocycles. The Hall–Kier alpha value is -0.380. The molecule has 1 aromatic rings. The summed E-state index contributed by atoms with van der Waals surface area (Å²) in [5, 5.41) is 10.6. The quantitative estimate of drug-likeness (QED) is 0.688. The van der Waals surface area contributed by atoms with Crippen LogP contribution in [0.4, 0.5) is 0 Å². The molecule has 0 aliphatic rings. The number of aliphatic hydroxyl groups excluding tert-OH is 1.